The lowest BCUT2D eigenvalue weighted by Crippen LogP contribution is -2.24. The van der Waals surface area contributed by atoms with Gasteiger partial charge in [-0.25, -0.2) is 0 Å². The van der Waals surface area contributed by atoms with Gasteiger partial charge in [-0.1, -0.05) is 23.8 Å². The SMILES string of the molecule is Cc1ccc(C(O)CNCCO)c(C)c1. The molecule has 1 unspecified atom stereocenters. The minimum atomic E-state index is -0.503. The van der Waals surface area contributed by atoms with Crippen LogP contribution in [-0.2, 0) is 0 Å². The van der Waals surface area contributed by atoms with Gasteiger partial charge in [0.1, 0.15) is 0 Å². The van der Waals surface area contributed by atoms with Crippen LogP contribution in [0.3, 0.4) is 0 Å². The predicted molar refractivity (Wildman–Crippen MR) is 60.8 cm³/mol. The van der Waals surface area contributed by atoms with Crippen LogP contribution in [-0.4, -0.2) is 29.9 Å². The van der Waals surface area contributed by atoms with Crippen molar-refractivity contribution in [2.45, 2.75) is 20.0 Å². The molecule has 1 rings (SSSR count). The van der Waals surface area contributed by atoms with E-state index in [4.69, 9.17) is 5.11 Å². The zero-order chi connectivity index (χ0) is 11.3. The molecule has 1 atom stereocenters. The van der Waals surface area contributed by atoms with Crippen molar-refractivity contribution in [3.8, 4) is 0 Å². The molecule has 0 amide bonds. The van der Waals surface area contributed by atoms with Crippen molar-refractivity contribution in [3.63, 3.8) is 0 Å². The van der Waals surface area contributed by atoms with Gasteiger partial charge in [0, 0.05) is 13.1 Å². The van der Waals surface area contributed by atoms with Crippen molar-refractivity contribution >= 4 is 0 Å². The summed E-state index contributed by atoms with van der Waals surface area (Å²) in [5.41, 5.74) is 3.26. The summed E-state index contributed by atoms with van der Waals surface area (Å²) >= 11 is 0. The minimum Gasteiger partial charge on any atom is -0.395 e. The summed E-state index contributed by atoms with van der Waals surface area (Å²) in [4.78, 5) is 0. The Morgan fingerprint density at radius 3 is 2.67 bits per heavy atom. The maximum atomic E-state index is 9.87. The second-order valence-corrected chi connectivity index (χ2v) is 3.80. The van der Waals surface area contributed by atoms with Gasteiger partial charge in [0.2, 0.25) is 0 Å². The molecule has 0 aliphatic heterocycles. The highest BCUT2D eigenvalue weighted by Gasteiger charge is 2.09. The first-order valence-electron chi connectivity index (χ1n) is 5.22. The van der Waals surface area contributed by atoms with E-state index < -0.39 is 6.10 Å². The summed E-state index contributed by atoms with van der Waals surface area (Å²) in [6, 6.07) is 6.01. The Bertz CT molecular complexity index is 312. The first-order valence-corrected chi connectivity index (χ1v) is 5.22. The number of rotatable bonds is 5. The first-order chi connectivity index (χ1) is 7.15. The highest BCUT2D eigenvalue weighted by molar-refractivity contribution is 5.32. The van der Waals surface area contributed by atoms with Gasteiger partial charge in [-0.15, -0.1) is 0 Å². The van der Waals surface area contributed by atoms with Gasteiger partial charge < -0.3 is 15.5 Å². The van der Waals surface area contributed by atoms with Crippen LogP contribution >= 0.6 is 0 Å². The van der Waals surface area contributed by atoms with Gasteiger partial charge in [0.25, 0.3) is 0 Å². The van der Waals surface area contributed by atoms with E-state index in [0.29, 0.717) is 13.1 Å². The van der Waals surface area contributed by atoms with Crippen molar-refractivity contribution in [2.75, 3.05) is 19.7 Å². The molecule has 1 aromatic carbocycles. The molecule has 0 bridgehead atoms. The Morgan fingerprint density at radius 1 is 1.33 bits per heavy atom. The van der Waals surface area contributed by atoms with E-state index in [1.807, 2.05) is 26.0 Å². The van der Waals surface area contributed by atoms with Crippen LogP contribution in [0.1, 0.15) is 22.8 Å². The number of benzene rings is 1. The highest BCUT2D eigenvalue weighted by Crippen LogP contribution is 2.18. The normalized spacial score (nSPS) is 12.8. The summed E-state index contributed by atoms with van der Waals surface area (Å²) in [6.45, 7) is 5.12. The van der Waals surface area contributed by atoms with Gasteiger partial charge in [-0.3, -0.25) is 0 Å². The molecule has 3 heteroatoms. The summed E-state index contributed by atoms with van der Waals surface area (Å²) in [5.74, 6) is 0. The van der Waals surface area contributed by atoms with Crippen LogP contribution in [0.5, 0.6) is 0 Å². The lowest BCUT2D eigenvalue weighted by molar-refractivity contribution is 0.170. The molecule has 0 aliphatic carbocycles. The van der Waals surface area contributed by atoms with Gasteiger partial charge >= 0.3 is 0 Å². The third-order valence-electron chi connectivity index (χ3n) is 2.41. The molecule has 0 fully saturated rings. The molecule has 15 heavy (non-hydrogen) atoms. The smallest absolute Gasteiger partial charge is 0.0916 e. The molecule has 3 nitrogen and oxygen atoms in total. The van der Waals surface area contributed by atoms with Crippen LogP contribution in [0.4, 0.5) is 0 Å². The summed E-state index contributed by atoms with van der Waals surface area (Å²) in [6.07, 6.45) is -0.503. The van der Waals surface area contributed by atoms with Crippen LogP contribution in [0.25, 0.3) is 0 Å². The molecule has 0 saturated heterocycles. The number of hydrogen-bond acceptors (Lipinski definition) is 3. The highest BCUT2D eigenvalue weighted by atomic mass is 16.3. The topological polar surface area (TPSA) is 52.5 Å². The summed E-state index contributed by atoms with van der Waals surface area (Å²) in [7, 11) is 0. The number of nitrogens with one attached hydrogen (secondary N) is 1. The van der Waals surface area contributed by atoms with Gasteiger partial charge in [0.15, 0.2) is 0 Å². The predicted octanol–water partition coefficient (Wildman–Crippen LogP) is 0.919. The van der Waals surface area contributed by atoms with E-state index >= 15 is 0 Å². The fraction of sp³-hybridized carbons (Fsp3) is 0.500. The third-order valence-corrected chi connectivity index (χ3v) is 2.41. The molecule has 0 saturated carbocycles. The number of aliphatic hydroxyl groups is 2. The molecule has 0 aromatic heterocycles. The molecule has 84 valence electrons. The van der Waals surface area contributed by atoms with E-state index in [9.17, 15) is 5.11 Å². The van der Waals surface area contributed by atoms with Crippen molar-refractivity contribution < 1.29 is 10.2 Å². The molecule has 3 N–H and O–H groups in total. The third kappa shape index (κ3) is 3.63. The second-order valence-electron chi connectivity index (χ2n) is 3.80. The van der Waals surface area contributed by atoms with Gasteiger partial charge in [0.05, 0.1) is 12.7 Å². The Hall–Kier alpha value is -0.900. The maximum Gasteiger partial charge on any atom is 0.0916 e. The van der Waals surface area contributed by atoms with Crippen LogP contribution in [0.15, 0.2) is 18.2 Å². The summed E-state index contributed by atoms with van der Waals surface area (Å²) in [5, 5.41) is 21.4. The van der Waals surface area contributed by atoms with Crippen molar-refractivity contribution in [2.24, 2.45) is 0 Å². The number of aliphatic hydroxyl groups excluding tert-OH is 2. The Kier molecular flexibility index (Phi) is 4.75. The number of aryl methyl sites for hydroxylation is 2. The molecular weight excluding hydrogens is 190 g/mol. The lowest BCUT2D eigenvalue weighted by Gasteiger charge is -2.14. The van der Waals surface area contributed by atoms with E-state index in [1.165, 1.54) is 5.56 Å². The van der Waals surface area contributed by atoms with E-state index in [2.05, 4.69) is 11.4 Å². The standard InChI is InChI=1S/C12H19NO2/c1-9-3-4-11(10(2)7-9)12(15)8-13-5-6-14/h3-4,7,12-15H,5-6,8H2,1-2H3. The van der Waals surface area contributed by atoms with E-state index in [1.54, 1.807) is 0 Å². The molecule has 0 spiro atoms. The van der Waals surface area contributed by atoms with Crippen LogP contribution in [0.2, 0.25) is 0 Å². The molecule has 0 heterocycles. The Morgan fingerprint density at radius 2 is 2.07 bits per heavy atom. The van der Waals surface area contributed by atoms with Gasteiger partial charge in [-0.2, -0.15) is 0 Å². The van der Waals surface area contributed by atoms with Crippen LogP contribution in [0, 0.1) is 13.8 Å². The van der Waals surface area contributed by atoms with Crippen LogP contribution < -0.4 is 5.32 Å². The quantitative estimate of drug-likeness (QED) is 0.632. The first kappa shape index (κ1) is 12.2. The fourth-order valence-electron chi connectivity index (χ4n) is 1.63. The second kappa shape index (κ2) is 5.85. The molecule has 0 radical (unpaired) electrons. The average Bonchev–Trinajstić information content (AvgIpc) is 2.17. The molecule has 0 aliphatic rings. The zero-order valence-electron chi connectivity index (χ0n) is 9.33. The summed E-state index contributed by atoms with van der Waals surface area (Å²) < 4.78 is 0. The molecule has 1 aromatic rings. The minimum absolute atomic E-state index is 0.0968. The van der Waals surface area contributed by atoms with E-state index in [0.717, 1.165) is 11.1 Å². The maximum absolute atomic E-state index is 9.87. The van der Waals surface area contributed by atoms with Gasteiger partial charge in [-0.05, 0) is 25.0 Å². The van der Waals surface area contributed by atoms with Crippen molar-refractivity contribution in [1.29, 1.82) is 0 Å². The lowest BCUT2D eigenvalue weighted by atomic mass is 10.0. The largest absolute Gasteiger partial charge is 0.395 e. The molecular formula is C12H19NO2. The fourth-order valence-corrected chi connectivity index (χ4v) is 1.63. The Labute approximate surface area is 90.8 Å². The Balaban J connectivity index is 2.61. The van der Waals surface area contributed by atoms with Crippen molar-refractivity contribution in [1.82, 2.24) is 5.32 Å². The monoisotopic (exact) mass is 209 g/mol. The van der Waals surface area contributed by atoms with Crippen molar-refractivity contribution in [3.05, 3.63) is 34.9 Å². The zero-order valence-corrected chi connectivity index (χ0v) is 9.33. The average molecular weight is 209 g/mol. The van der Waals surface area contributed by atoms with E-state index in [-0.39, 0.29) is 6.61 Å². The number of hydrogen-bond donors (Lipinski definition) is 3.